The largest absolute Gasteiger partial charge is 0.326 e. The summed E-state index contributed by atoms with van der Waals surface area (Å²) in [6, 6.07) is 5.70. The summed E-state index contributed by atoms with van der Waals surface area (Å²) in [5.74, 6) is -0.614. The summed E-state index contributed by atoms with van der Waals surface area (Å²) in [5, 5.41) is 7.68. The minimum absolute atomic E-state index is 0.209. The van der Waals surface area contributed by atoms with Crippen molar-refractivity contribution in [3.05, 3.63) is 30.1 Å². The van der Waals surface area contributed by atoms with E-state index in [1.807, 2.05) is 4.90 Å². The SMILES string of the molecule is NS(=O)(=O)N1CCN(CCC(=O)Nc2cccc(F)c2)CC1. The van der Waals surface area contributed by atoms with Crippen LogP contribution in [-0.4, -0.2) is 56.3 Å². The highest BCUT2D eigenvalue weighted by molar-refractivity contribution is 7.86. The number of nitrogens with two attached hydrogens (primary N) is 1. The lowest BCUT2D eigenvalue weighted by Gasteiger charge is -2.32. The number of anilines is 1. The van der Waals surface area contributed by atoms with Crippen LogP contribution in [0.1, 0.15) is 6.42 Å². The maximum absolute atomic E-state index is 13.0. The van der Waals surface area contributed by atoms with E-state index in [4.69, 9.17) is 5.14 Å². The zero-order valence-electron chi connectivity index (χ0n) is 12.0. The predicted octanol–water partition coefficient (Wildman–Crippen LogP) is -0.0246. The zero-order valence-corrected chi connectivity index (χ0v) is 12.9. The van der Waals surface area contributed by atoms with Gasteiger partial charge in [0.05, 0.1) is 0 Å². The van der Waals surface area contributed by atoms with E-state index in [0.29, 0.717) is 38.4 Å². The van der Waals surface area contributed by atoms with Crippen molar-refractivity contribution in [3.63, 3.8) is 0 Å². The first-order valence-electron chi connectivity index (χ1n) is 6.90. The molecule has 7 nitrogen and oxygen atoms in total. The van der Waals surface area contributed by atoms with E-state index >= 15 is 0 Å². The molecule has 1 aromatic rings. The fourth-order valence-corrected chi connectivity index (χ4v) is 2.93. The van der Waals surface area contributed by atoms with Crippen molar-refractivity contribution < 1.29 is 17.6 Å². The molecule has 9 heteroatoms. The van der Waals surface area contributed by atoms with Gasteiger partial charge in [-0.3, -0.25) is 4.79 Å². The second-order valence-corrected chi connectivity index (χ2v) is 6.64. The Morgan fingerprint density at radius 3 is 2.55 bits per heavy atom. The molecular formula is C13H19FN4O3S. The van der Waals surface area contributed by atoms with Gasteiger partial charge >= 0.3 is 0 Å². The highest BCUT2D eigenvalue weighted by atomic mass is 32.2. The third kappa shape index (κ3) is 5.02. The number of halogens is 1. The molecule has 0 atom stereocenters. The van der Waals surface area contributed by atoms with Crippen molar-refractivity contribution in [1.82, 2.24) is 9.21 Å². The lowest BCUT2D eigenvalue weighted by Crippen LogP contribution is -2.51. The quantitative estimate of drug-likeness (QED) is 0.793. The minimum Gasteiger partial charge on any atom is -0.326 e. The molecule has 22 heavy (non-hydrogen) atoms. The maximum Gasteiger partial charge on any atom is 0.276 e. The first-order chi connectivity index (χ1) is 10.3. The number of carbonyl (C=O) groups excluding carboxylic acids is 1. The second kappa shape index (κ2) is 7.14. The van der Waals surface area contributed by atoms with Gasteiger partial charge in [-0.15, -0.1) is 0 Å². The summed E-state index contributed by atoms with van der Waals surface area (Å²) >= 11 is 0. The molecule has 1 fully saturated rings. The van der Waals surface area contributed by atoms with Gasteiger partial charge in [-0.2, -0.15) is 12.7 Å². The van der Waals surface area contributed by atoms with Crippen LogP contribution in [0.25, 0.3) is 0 Å². The van der Waals surface area contributed by atoms with Crippen LogP contribution in [0.4, 0.5) is 10.1 Å². The van der Waals surface area contributed by atoms with Gasteiger partial charge in [-0.1, -0.05) is 6.07 Å². The number of nitrogens with zero attached hydrogens (tertiary/aromatic N) is 2. The first-order valence-corrected chi connectivity index (χ1v) is 8.40. The van der Waals surface area contributed by atoms with Crippen LogP contribution in [0.15, 0.2) is 24.3 Å². The molecule has 2 rings (SSSR count). The number of amides is 1. The smallest absolute Gasteiger partial charge is 0.276 e. The Balaban J connectivity index is 1.74. The third-order valence-electron chi connectivity index (χ3n) is 3.45. The molecule has 0 aromatic heterocycles. The highest BCUT2D eigenvalue weighted by Gasteiger charge is 2.23. The van der Waals surface area contributed by atoms with Gasteiger partial charge in [0.1, 0.15) is 5.82 Å². The van der Waals surface area contributed by atoms with Gasteiger partial charge in [0, 0.05) is 44.8 Å². The Morgan fingerprint density at radius 2 is 1.95 bits per heavy atom. The molecule has 1 aromatic carbocycles. The number of hydrogen-bond acceptors (Lipinski definition) is 4. The van der Waals surface area contributed by atoms with Gasteiger partial charge in [-0.25, -0.2) is 9.53 Å². The summed E-state index contributed by atoms with van der Waals surface area (Å²) in [6.07, 6.45) is 0.256. The molecule has 0 radical (unpaired) electrons. The Kier molecular flexibility index (Phi) is 5.46. The van der Waals surface area contributed by atoms with Crippen molar-refractivity contribution in [1.29, 1.82) is 0 Å². The summed E-state index contributed by atoms with van der Waals surface area (Å²) in [7, 11) is -3.63. The summed E-state index contributed by atoms with van der Waals surface area (Å²) < 4.78 is 36.6. The Bertz CT molecular complexity index is 630. The average molecular weight is 330 g/mol. The Hall–Kier alpha value is -1.55. The van der Waals surface area contributed by atoms with Gasteiger partial charge in [0.15, 0.2) is 0 Å². The molecule has 0 saturated carbocycles. The molecule has 3 N–H and O–H groups in total. The predicted molar refractivity (Wildman–Crippen MR) is 80.8 cm³/mol. The Morgan fingerprint density at radius 1 is 1.27 bits per heavy atom. The van der Waals surface area contributed by atoms with Gasteiger partial charge in [0.2, 0.25) is 5.91 Å². The molecule has 1 heterocycles. The summed E-state index contributed by atoms with van der Waals surface area (Å²) in [4.78, 5) is 13.8. The van der Waals surface area contributed by atoms with E-state index in [0.717, 1.165) is 0 Å². The van der Waals surface area contributed by atoms with Crippen molar-refractivity contribution in [2.24, 2.45) is 5.14 Å². The van der Waals surface area contributed by atoms with Gasteiger partial charge in [0.25, 0.3) is 10.2 Å². The first kappa shape index (κ1) is 16.8. The van der Waals surface area contributed by atoms with Crippen LogP contribution in [-0.2, 0) is 15.0 Å². The molecule has 0 bridgehead atoms. The molecule has 122 valence electrons. The van der Waals surface area contributed by atoms with Crippen LogP contribution in [0.3, 0.4) is 0 Å². The summed E-state index contributed by atoms with van der Waals surface area (Å²) in [5.41, 5.74) is 0.420. The van der Waals surface area contributed by atoms with Crippen LogP contribution >= 0.6 is 0 Å². The molecule has 0 unspecified atom stereocenters. The van der Waals surface area contributed by atoms with Gasteiger partial charge in [-0.05, 0) is 18.2 Å². The van der Waals surface area contributed by atoms with E-state index in [-0.39, 0.29) is 12.3 Å². The van der Waals surface area contributed by atoms with E-state index in [2.05, 4.69) is 5.32 Å². The number of piperazine rings is 1. The number of nitrogens with one attached hydrogen (secondary N) is 1. The number of carbonyl (C=O) groups is 1. The van der Waals surface area contributed by atoms with E-state index < -0.39 is 16.0 Å². The molecule has 0 aliphatic carbocycles. The fraction of sp³-hybridized carbons (Fsp3) is 0.462. The van der Waals surface area contributed by atoms with Crippen LogP contribution in [0, 0.1) is 5.82 Å². The third-order valence-corrected chi connectivity index (χ3v) is 4.54. The number of rotatable bonds is 5. The normalized spacial score (nSPS) is 17.4. The van der Waals surface area contributed by atoms with E-state index in [1.54, 1.807) is 6.07 Å². The second-order valence-electron chi connectivity index (χ2n) is 5.09. The molecule has 1 amide bonds. The fourth-order valence-electron chi connectivity index (χ4n) is 2.26. The van der Waals surface area contributed by atoms with Crippen LogP contribution in [0.5, 0.6) is 0 Å². The van der Waals surface area contributed by atoms with Crippen molar-refractivity contribution in [2.45, 2.75) is 6.42 Å². The minimum atomic E-state index is -3.63. The summed E-state index contributed by atoms with van der Waals surface area (Å²) in [6.45, 7) is 2.22. The lowest BCUT2D eigenvalue weighted by atomic mass is 10.2. The molecule has 0 spiro atoms. The highest BCUT2D eigenvalue weighted by Crippen LogP contribution is 2.10. The number of benzene rings is 1. The van der Waals surface area contributed by atoms with Crippen molar-refractivity contribution in [3.8, 4) is 0 Å². The average Bonchev–Trinajstić information content (AvgIpc) is 2.45. The molecule has 1 aliphatic rings. The molecule has 1 aliphatic heterocycles. The van der Waals surface area contributed by atoms with Gasteiger partial charge < -0.3 is 10.2 Å². The van der Waals surface area contributed by atoms with Crippen LogP contribution < -0.4 is 10.5 Å². The van der Waals surface area contributed by atoms with Crippen molar-refractivity contribution >= 4 is 21.8 Å². The van der Waals surface area contributed by atoms with Crippen LogP contribution in [0.2, 0.25) is 0 Å². The van der Waals surface area contributed by atoms with E-state index in [9.17, 15) is 17.6 Å². The molecular weight excluding hydrogens is 311 g/mol. The monoisotopic (exact) mass is 330 g/mol. The standard InChI is InChI=1S/C13H19FN4O3S/c14-11-2-1-3-12(10-11)16-13(19)4-5-17-6-8-18(9-7-17)22(15,20)21/h1-3,10H,4-9H2,(H,16,19)(H2,15,20,21). The topological polar surface area (TPSA) is 95.7 Å². The Labute approximate surface area is 129 Å². The molecule has 1 saturated heterocycles. The van der Waals surface area contributed by atoms with Crippen molar-refractivity contribution in [2.75, 3.05) is 38.0 Å². The zero-order chi connectivity index (χ0) is 16.2. The lowest BCUT2D eigenvalue weighted by molar-refractivity contribution is -0.116. The maximum atomic E-state index is 13.0. The van der Waals surface area contributed by atoms with E-state index in [1.165, 1.54) is 22.5 Å². The number of hydrogen-bond donors (Lipinski definition) is 2.